The van der Waals surface area contributed by atoms with Crippen LogP contribution in [-0.2, 0) is 0 Å². The number of anilines is 1. The van der Waals surface area contributed by atoms with E-state index in [-0.39, 0.29) is 24.1 Å². The van der Waals surface area contributed by atoms with Gasteiger partial charge in [0.05, 0.1) is 6.54 Å². The van der Waals surface area contributed by atoms with Crippen LogP contribution in [0, 0.1) is 5.82 Å². The molecule has 0 aliphatic rings. The molecular formula is C11H9FN4O3. The molecule has 0 radical (unpaired) electrons. The lowest BCUT2D eigenvalue weighted by molar-refractivity contribution is 0.0684. The van der Waals surface area contributed by atoms with Gasteiger partial charge >= 0.3 is 5.97 Å². The van der Waals surface area contributed by atoms with Crippen LogP contribution < -0.4 is 5.32 Å². The van der Waals surface area contributed by atoms with Crippen molar-refractivity contribution in [1.82, 2.24) is 15.2 Å². The fourth-order valence-corrected chi connectivity index (χ4v) is 1.33. The number of benzene rings is 1. The molecule has 0 saturated carbocycles. The van der Waals surface area contributed by atoms with Gasteiger partial charge in [0.15, 0.2) is 5.78 Å². The monoisotopic (exact) mass is 264 g/mol. The molecule has 98 valence electrons. The zero-order valence-corrected chi connectivity index (χ0v) is 9.55. The zero-order valence-electron chi connectivity index (χ0n) is 9.55. The van der Waals surface area contributed by atoms with Gasteiger partial charge in [0, 0.05) is 5.56 Å². The van der Waals surface area contributed by atoms with Crippen molar-refractivity contribution in [3.8, 4) is 0 Å². The Morgan fingerprint density at radius 3 is 2.58 bits per heavy atom. The number of nitrogens with one attached hydrogen (secondary N) is 2. The fraction of sp³-hybridized carbons (Fsp3) is 0.0909. The van der Waals surface area contributed by atoms with Gasteiger partial charge in [-0.15, -0.1) is 5.10 Å². The topological polar surface area (TPSA) is 108 Å². The van der Waals surface area contributed by atoms with Crippen molar-refractivity contribution in [2.75, 3.05) is 11.9 Å². The van der Waals surface area contributed by atoms with Gasteiger partial charge in [-0.1, -0.05) is 0 Å². The summed E-state index contributed by atoms with van der Waals surface area (Å²) in [5.41, 5.74) is 0.336. The summed E-state index contributed by atoms with van der Waals surface area (Å²) in [6, 6.07) is 5.09. The van der Waals surface area contributed by atoms with E-state index in [0.717, 1.165) is 0 Å². The van der Waals surface area contributed by atoms with Crippen LogP contribution in [0.15, 0.2) is 24.3 Å². The first kappa shape index (κ1) is 12.7. The van der Waals surface area contributed by atoms with Crippen LogP contribution in [-0.4, -0.2) is 38.6 Å². The average Bonchev–Trinajstić information content (AvgIpc) is 2.86. The second kappa shape index (κ2) is 5.25. The van der Waals surface area contributed by atoms with Gasteiger partial charge in [-0.2, -0.15) is 4.98 Å². The van der Waals surface area contributed by atoms with Gasteiger partial charge < -0.3 is 10.4 Å². The lowest BCUT2D eigenvalue weighted by Crippen LogP contribution is -2.14. The standard InChI is InChI=1S/C11H9FN4O3/c12-7-3-1-6(2-4-7)8(17)5-13-11-14-9(10(18)19)15-16-11/h1-4H,5H2,(H,18,19)(H2,13,14,15,16). The normalized spacial score (nSPS) is 10.2. The Balaban J connectivity index is 1.96. The third-order valence-corrected chi connectivity index (χ3v) is 2.26. The Bertz CT molecular complexity index is 609. The number of hydrogen-bond acceptors (Lipinski definition) is 5. The van der Waals surface area contributed by atoms with Crippen LogP contribution in [0.2, 0.25) is 0 Å². The van der Waals surface area contributed by atoms with Crippen LogP contribution in [0.3, 0.4) is 0 Å². The minimum absolute atomic E-state index is 0.00728. The first-order valence-electron chi connectivity index (χ1n) is 5.24. The third kappa shape index (κ3) is 3.12. The SMILES string of the molecule is O=C(CNc1n[nH]c(C(=O)O)n1)c1ccc(F)cc1. The van der Waals surface area contributed by atoms with Crippen molar-refractivity contribution in [2.24, 2.45) is 0 Å². The average molecular weight is 264 g/mol. The number of carbonyl (C=O) groups excluding carboxylic acids is 1. The van der Waals surface area contributed by atoms with E-state index >= 15 is 0 Å². The molecule has 0 spiro atoms. The summed E-state index contributed by atoms with van der Waals surface area (Å²) in [6.45, 7) is -0.122. The number of halogens is 1. The molecule has 0 aliphatic carbocycles. The number of carboxylic acid groups (broad SMARTS) is 1. The summed E-state index contributed by atoms with van der Waals surface area (Å²) in [4.78, 5) is 25.8. The number of hydrogen-bond donors (Lipinski definition) is 3. The van der Waals surface area contributed by atoms with Crippen molar-refractivity contribution in [2.45, 2.75) is 0 Å². The largest absolute Gasteiger partial charge is 0.475 e. The third-order valence-electron chi connectivity index (χ3n) is 2.26. The number of carbonyl (C=O) groups is 2. The fourth-order valence-electron chi connectivity index (χ4n) is 1.33. The Kier molecular flexibility index (Phi) is 3.51. The van der Waals surface area contributed by atoms with Crippen molar-refractivity contribution in [1.29, 1.82) is 0 Å². The maximum Gasteiger partial charge on any atom is 0.373 e. The minimum atomic E-state index is -1.24. The molecule has 0 fully saturated rings. The van der Waals surface area contributed by atoms with Crippen molar-refractivity contribution in [3.63, 3.8) is 0 Å². The molecule has 0 unspecified atom stereocenters. The van der Waals surface area contributed by atoms with Crippen LogP contribution in [0.25, 0.3) is 0 Å². The molecule has 2 rings (SSSR count). The maximum atomic E-state index is 12.7. The molecule has 1 aromatic carbocycles. The molecule has 1 heterocycles. The molecule has 0 bridgehead atoms. The van der Waals surface area contributed by atoms with Crippen LogP contribution >= 0.6 is 0 Å². The molecular weight excluding hydrogens is 255 g/mol. The molecule has 0 atom stereocenters. The minimum Gasteiger partial charge on any atom is -0.475 e. The molecule has 2 aromatic rings. The molecule has 8 heteroatoms. The van der Waals surface area contributed by atoms with Gasteiger partial charge in [0.1, 0.15) is 5.82 Å². The van der Waals surface area contributed by atoms with Gasteiger partial charge in [0.2, 0.25) is 11.8 Å². The highest BCUT2D eigenvalue weighted by Crippen LogP contribution is 2.05. The lowest BCUT2D eigenvalue weighted by atomic mass is 10.1. The molecule has 1 aromatic heterocycles. The maximum absolute atomic E-state index is 12.7. The number of H-pyrrole nitrogens is 1. The molecule has 3 N–H and O–H groups in total. The van der Waals surface area contributed by atoms with Crippen molar-refractivity contribution >= 4 is 17.7 Å². The molecule has 19 heavy (non-hydrogen) atoms. The van der Waals surface area contributed by atoms with Crippen molar-refractivity contribution in [3.05, 3.63) is 41.5 Å². The summed E-state index contributed by atoms with van der Waals surface area (Å²) in [7, 11) is 0. The molecule has 7 nitrogen and oxygen atoms in total. The highest BCUT2D eigenvalue weighted by atomic mass is 19.1. The quantitative estimate of drug-likeness (QED) is 0.693. The number of carboxylic acids is 1. The van der Waals surface area contributed by atoms with E-state index < -0.39 is 11.8 Å². The number of aromatic nitrogens is 3. The van der Waals surface area contributed by atoms with E-state index in [1.807, 2.05) is 0 Å². The summed E-state index contributed by atoms with van der Waals surface area (Å²) >= 11 is 0. The van der Waals surface area contributed by atoms with Crippen LogP contribution in [0.1, 0.15) is 21.0 Å². The van der Waals surface area contributed by atoms with E-state index in [2.05, 4.69) is 20.5 Å². The first-order valence-corrected chi connectivity index (χ1v) is 5.24. The van der Waals surface area contributed by atoms with E-state index in [0.29, 0.717) is 5.56 Å². The molecule has 0 amide bonds. The highest BCUT2D eigenvalue weighted by Gasteiger charge is 2.11. The van der Waals surface area contributed by atoms with E-state index in [1.54, 1.807) is 0 Å². The number of ketones is 1. The predicted octanol–water partition coefficient (Wildman–Crippen LogP) is 0.937. The van der Waals surface area contributed by atoms with Crippen LogP contribution in [0.4, 0.5) is 10.3 Å². The molecule has 0 saturated heterocycles. The smallest absolute Gasteiger partial charge is 0.373 e. The van der Waals surface area contributed by atoms with Crippen LogP contribution in [0.5, 0.6) is 0 Å². The van der Waals surface area contributed by atoms with E-state index in [1.165, 1.54) is 24.3 Å². The Morgan fingerprint density at radius 1 is 1.32 bits per heavy atom. The van der Waals surface area contributed by atoms with E-state index in [9.17, 15) is 14.0 Å². The molecule has 0 aliphatic heterocycles. The number of aromatic amines is 1. The van der Waals surface area contributed by atoms with Gasteiger partial charge in [-0.05, 0) is 24.3 Å². The summed E-state index contributed by atoms with van der Waals surface area (Å²) in [5.74, 6) is -2.28. The van der Waals surface area contributed by atoms with E-state index in [4.69, 9.17) is 5.11 Å². The number of nitrogens with zero attached hydrogens (tertiary/aromatic N) is 2. The van der Waals surface area contributed by atoms with Crippen molar-refractivity contribution < 1.29 is 19.1 Å². The Hall–Kier alpha value is -2.77. The number of rotatable bonds is 5. The van der Waals surface area contributed by atoms with Gasteiger partial charge in [-0.3, -0.25) is 9.89 Å². The Labute approximate surface area is 106 Å². The predicted molar refractivity (Wildman–Crippen MR) is 62.6 cm³/mol. The Morgan fingerprint density at radius 2 is 2.00 bits per heavy atom. The number of Topliss-reactive ketones (excluding diaryl/α,β-unsaturated/α-hetero) is 1. The summed E-state index contributed by atoms with van der Waals surface area (Å²) in [6.07, 6.45) is 0. The lowest BCUT2D eigenvalue weighted by Gasteiger charge is -2.01. The summed E-state index contributed by atoms with van der Waals surface area (Å²) < 4.78 is 12.7. The second-order valence-electron chi connectivity index (χ2n) is 3.60. The highest BCUT2D eigenvalue weighted by molar-refractivity contribution is 5.98. The van der Waals surface area contributed by atoms with Gasteiger partial charge in [0.25, 0.3) is 0 Å². The number of aromatic carboxylic acids is 1. The van der Waals surface area contributed by atoms with Gasteiger partial charge in [-0.25, -0.2) is 9.18 Å². The second-order valence-corrected chi connectivity index (χ2v) is 3.60. The first-order chi connectivity index (χ1) is 9.06. The zero-order chi connectivity index (χ0) is 13.8. The summed E-state index contributed by atoms with van der Waals surface area (Å²) in [5, 5.41) is 17.0.